The second-order valence-corrected chi connectivity index (χ2v) is 3.13. The van der Waals surface area contributed by atoms with E-state index >= 15 is 0 Å². The van der Waals surface area contributed by atoms with Gasteiger partial charge in [-0.2, -0.15) is 0 Å². The van der Waals surface area contributed by atoms with Crippen LogP contribution in [0.4, 0.5) is 0 Å². The molecule has 0 atom stereocenters. The maximum absolute atomic E-state index is 10.3. The summed E-state index contributed by atoms with van der Waals surface area (Å²) in [5.41, 5.74) is 1.72. The molecule has 1 aromatic carbocycles. The average Bonchev–Trinajstić information content (AvgIpc) is 2.30. The summed E-state index contributed by atoms with van der Waals surface area (Å²) >= 11 is 0. The van der Waals surface area contributed by atoms with Crippen LogP contribution in [0.5, 0.6) is 0 Å². The molecule has 1 heterocycles. The standard InChI is InChI=1S/C12H10O2/c13-8-10-6-7-12(14-9-10)11-4-2-1-3-5-11/h1-5,7H,6,9H2. The lowest BCUT2D eigenvalue weighted by molar-refractivity contribution is 0.298. The third kappa shape index (κ3) is 1.76. The minimum absolute atomic E-state index is 0.365. The zero-order valence-electron chi connectivity index (χ0n) is 7.69. The third-order valence-corrected chi connectivity index (χ3v) is 2.14. The fourth-order valence-corrected chi connectivity index (χ4v) is 1.37. The molecule has 0 fully saturated rings. The van der Waals surface area contributed by atoms with Crippen LogP contribution in [0.2, 0.25) is 0 Å². The van der Waals surface area contributed by atoms with Gasteiger partial charge >= 0.3 is 0 Å². The Morgan fingerprint density at radius 2 is 2.00 bits per heavy atom. The van der Waals surface area contributed by atoms with Crippen molar-refractivity contribution in [3.63, 3.8) is 0 Å². The van der Waals surface area contributed by atoms with Gasteiger partial charge in [-0.05, 0) is 6.08 Å². The van der Waals surface area contributed by atoms with Crippen molar-refractivity contribution in [2.45, 2.75) is 6.42 Å². The van der Waals surface area contributed by atoms with E-state index in [1.165, 1.54) is 0 Å². The molecule has 0 amide bonds. The maximum atomic E-state index is 10.3. The molecule has 0 unspecified atom stereocenters. The van der Waals surface area contributed by atoms with Gasteiger partial charge in [-0.3, -0.25) is 0 Å². The molecule has 1 aliphatic heterocycles. The van der Waals surface area contributed by atoms with Crippen molar-refractivity contribution in [3.8, 4) is 0 Å². The molecule has 1 aromatic rings. The van der Waals surface area contributed by atoms with E-state index in [-0.39, 0.29) is 0 Å². The largest absolute Gasteiger partial charge is 0.488 e. The molecular weight excluding hydrogens is 176 g/mol. The second-order valence-electron chi connectivity index (χ2n) is 3.13. The van der Waals surface area contributed by atoms with Gasteiger partial charge in [0.15, 0.2) is 0 Å². The first-order valence-corrected chi connectivity index (χ1v) is 4.51. The average molecular weight is 186 g/mol. The molecule has 2 rings (SSSR count). The molecule has 0 radical (unpaired) electrons. The van der Waals surface area contributed by atoms with Gasteiger partial charge in [0.05, 0.1) is 5.57 Å². The summed E-state index contributed by atoms with van der Waals surface area (Å²) in [6.45, 7) is 0.365. The van der Waals surface area contributed by atoms with E-state index < -0.39 is 0 Å². The minimum Gasteiger partial charge on any atom is -0.488 e. The molecule has 70 valence electrons. The molecule has 0 bridgehead atoms. The summed E-state index contributed by atoms with van der Waals surface area (Å²) in [4.78, 5) is 10.3. The zero-order valence-corrected chi connectivity index (χ0v) is 7.69. The topological polar surface area (TPSA) is 26.3 Å². The lowest BCUT2D eigenvalue weighted by Crippen LogP contribution is -2.04. The highest BCUT2D eigenvalue weighted by Crippen LogP contribution is 2.22. The molecule has 0 N–H and O–H groups in total. The SMILES string of the molecule is O=C=C1CC=C(c2ccccc2)OC1. The maximum Gasteiger partial charge on any atom is 0.127 e. The Morgan fingerprint density at radius 3 is 2.57 bits per heavy atom. The van der Waals surface area contributed by atoms with Crippen LogP contribution in [0.3, 0.4) is 0 Å². The first kappa shape index (κ1) is 8.79. The number of hydrogen-bond donors (Lipinski definition) is 0. The molecule has 0 aliphatic carbocycles. The lowest BCUT2D eigenvalue weighted by atomic mass is 10.1. The van der Waals surface area contributed by atoms with Gasteiger partial charge in [0.2, 0.25) is 0 Å². The van der Waals surface area contributed by atoms with Crippen molar-refractivity contribution >= 4 is 11.7 Å². The Bertz CT molecular complexity index is 398. The highest BCUT2D eigenvalue weighted by atomic mass is 16.5. The van der Waals surface area contributed by atoms with Crippen molar-refractivity contribution < 1.29 is 9.53 Å². The van der Waals surface area contributed by atoms with Crippen LogP contribution in [0.25, 0.3) is 5.76 Å². The van der Waals surface area contributed by atoms with E-state index in [1.54, 1.807) is 0 Å². The molecule has 2 nitrogen and oxygen atoms in total. The Hall–Kier alpha value is -1.79. The van der Waals surface area contributed by atoms with E-state index in [4.69, 9.17) is 4.74 Å². The number of ether oxygens (including phenoxy) is 1. The smallest absolute Gasteiger partial charge is 0.127 e. The molecule has 0 spiro atoms. The highest BCUT2D eigenvalue weighted by molar-refractivity contribution is 5.64. The summed E-state index contributed by atoms with van der Waals surface area (Å²) in [5.74, 6) is 2.72. The number of carbonyl (C=O) groups excluding carboxylic acids is 1. The highest BCUT2D eigenvalue weighted by Gasteiger charge is 2.10. The van der Waals surface area contributed by atoms with E-state index in [2.05, 4.69) is 0 Å². The van der Waals surface area contributed by atoms with Crippen LogP contribution in [-0.4, -0.2) is 12.5 Å². The Morgan fingerprint density at radius 1 is 1.21 bits per heavy atom. The molecular formula is C12H10O2. The molecule has 0 saturated carbocycles. The summed E-state index contributed by atoms with van der Waals surface area (Å²) in [6.07, 6.45) is 2.56. The first-order valence-electron chi connectivity index (χ1n) is 4.51. The molecule has 2 heteroatoms. The van der Waals surface area contributed by atoms with E-state index in [0.717, 1.165) is 11.3 Å². The normalized spacial score (nSPS) is 15.4. The molecule has 0 aromatic heterocycles. The Labute approximate surface area is 82.5 Å². The van der Waals surface area contributed by atoms with Crippen molar-refractivity contribution in [2.24, 2.45) is 0 Å². The summed E-state index contributed by atoms with van der Waals surface area (Å²) in [6, 6.07) is 9.86. The number of rotatable bonds is 1. The van der Waals surface area contributed by atoms with Crippen LogP contribution in [0.15, 0.2) is 42.0 Å². The van der Waals surface area contributed by atoms with Crippen molar-refractivity contribution in [1.29, 1.82) is 0 Å². The van der Waals surface area contributed by atoms with Crippen LogP contribution in [-0.2, 0) is 9.53 Å². The number of hydrogen-bond acceptors (Lipinski definition) is 2. The predicted octanol–water partition coefficient (Wildman–Crippen LogP) is 2.21. The van der Waals surface area contributed by atoms with Gasteiger partial charge < -0.3 is 4.74 Å². The Kier molecular flexibility index (Phi) is 2.48. The van der Waals surface area contributed by atoms with Gasteiger partial charge in [-0.15, -0.1) is 0 Å². The monoisotopic (exact) mass is 186 g/mol. The summed E-state index contributed by atoms with van der Waals surface area (Å²) < 4.78 is 5.43. The van der Waals surface area contributed by atoms with Crippen LogP contribution in [0, 0.1) is 0 Å². The van der Waals surface area contributed by atoms with Crippen LogP contribution in [0.1, 0.15) is 12.0 Å². The quantitative estimate of drug-likeness (QED) is 0.628. The van der Waals surface area contributed by atoms with Crippen molar-refractivity contribution in [1.82, 2.24) is 0 Å². The number of allylic oxidation sites excluding steroid dienone is 1. The zero-order chi connectivity index (χ0) is 9.80. The summed E-state index contributed by atoms with van der Waals surface area (Å²) in [5, 5.41) is 0. The fourth-order valence-electron chi connectivity index (χ4n) is 1.37. The summed E-state index contributed by atoms with van der Waals surface area (Å²) in [7, 11) is 0. The molecule has 0 saturated heterocycles. The molecule has 14 heavy (non-hydrogen) atoms. The van der Waals surface area contributed by atoms with Gasteiger partial charge in [0.25, 0.3) is 0 Å². The van der Waals surface area contributed by atoms with Gasteiger partial charge in [0.1, 0.15) is 18.3 Å². The van der Waals surface area contributed by atoms with Crippen LogP contribution < -0.4 is 0 Å². The lowest BCUT2D eigenvalue weighted by Gasteiger charge is -2.15. The first-order chi connectivity index (χ1) is 6.90. The fraction of sp³-hybridized carbons (Fsp3) is 0.167. The second kappa shape index (κ2) is 3.95. The van der Waals surface area contributed by atoms with E-state index in [1.807, 2.05) is 42.3 Å². The van der Waals surface area contributed by atoms with Gasteiger partial charge in [-0.1, -0.05) is 30.3 Å². The minimum atomic E-state index is 0.365. The number of benzene rings is 1. The Balaban J connectivity index is 2.23. The van der Waals surface area contributed by atoms with Gasteiger partial charge in [0, 0.05) is 12.0 Å². The molecule has 1 aliphatic rings. The predicted molar refractivity (Wildman–Crippen MR) is 54.2 cm³/mol. The van der Waals surface area contributed by atoms with Crippen molar-refractivity contribution in [3.05, 3.63) is 47.5 Å². The van der Waals surface area contributed by atoms with Crippen LogP contribution >= 0.6 is 0 Å². The third-order valence-electron chi connectivity index (χ3n) is 2.14. The van der Waals surface area contributed by atoms with E-state index in [0.29, 0.717) is 18.6 Å². The van der Waals surface area contributed by atoms with E-state index in [9.17, 15) is 4.79 Å². The van der Waals surface area contributed by atoms with Crippen molar-refractivity contribution in [2.75, 3.05) is 6.61 Å². The van der Waals surface area contributed by atoms with Gasteiger partial charge in [-0.25, -0.2) is 4.79 Å².